The molecule has 0 unspecified atom stereocenters. The van der Waals surface area contributed by atoms with Gasteiger partial charge in [-0.15, -0.1) is 0 Å². The Labute approximate surface area is 94.1 Å². The van der Waals surface area contributed by atoms with Crippen LogP contribution in [0.3, 0.4) is 0 Å². The Hall–Kier alpha value is -0.300. The van der Waals surface area contributed by atoms with Gasteiger partial charge in [0.2, 0.25) is 0 Å². The Bertz CT molecular complexity index is 290. The normalized spacial score (nSPS) is 45.4. The van der Waals surface area contributed by atoms with E-state index < -0.39 is 0 Å². The standard InChI is InChI=1S/C14H25N/c1-7(2)11-6-8(3)12-9(4)10(5)13(11)14(12)15/h7-8,11-14H,6,15H2,1-5H3/t8-,11+,12-,13-,14-/m0/s1. The predicted octanol–water partition coefficient (Wildman–Crippen LogP) is 3.21. The molecule has 1 heteroatoms. The van der Waals surface area contributed by atoms with Gasteiger partial charge in [0.15, 0.2) is 0 Å². The summed E-state index contributed by atoms with van der Waals surface area (Å²) in [5.41, 5.74) is 9.65. The van der Waals surface area contributed by atoms with E-state index in [4.69, 9.17) is 5.73 Å². The minimum atomic E-state index is 0.404. The van der Waals surface area contributed by atoms with Gasteiger partial charge < -0.3 is 5.73 Å². The maximum atomic E-state index is 6.44. The molecule has 0 aromatic heterocycles. The van der Waals surface area contributed by atoms with E-state index in [1.54, 1.807) is 11.1 Å². The summed E-state index contributed by atoms with van der Waals surface area (Å²) >= 11 is 0. The summed E-state index contributed by atoms with van der Waals surface area (Å²) < 4.78 is 0. The van der Waals surface area contributed by atoms with Crippen molar-refractivity contribution < 1.29 is 0 Å². The van der Waals surface area contributed by atoms with Crippen molar-refractivity contribution in [1.29, 1.82) is 0 Å². The SMILES string of the molecule is CC1=C(C)[C@H]2[C@H](N)[C@@H]1[C@@H](C(C)C)C[C@@H]2C. The van der Waals surface area contributed by atoms with Crippen LogP contribution in [0.5, 0.6) is 0 Å². The zero-order valence-corrected chi connectivity index (χ0v) is 10.7. The van der Waals surface area contributed by atoms with Gasteiger partial charge in [0.1, 0.15) is 0 Å². The Morgan fingerprint density at radius 2 is 1.67 bits per heavy atom. The van der Waals surface area contributed by atoms with E-state index in [1.165, 1.54) is 6.42 Å². The van der Waals surface area contributed by atoms with Crippen LogP contribution in [-0.2, 0) is 0 Å². The van der Waals surface area contributed by atoms with Crippen molar-refractivity contribution in [3.05, 3.63) is 11.1 Å². The quantitative estimate of drug-likeness (QED) is 0.656. The lowest BCUT2D eigenvalue weighted by Gasteiger charge is -2.42. The molecule has 2 rings (SSSR count). The smallest absolute Gasteiger partial charge is 0.0176 e. The third-order valence-electron chi connectivity index (χ3n) is 5.03. The Kier molecular flexibility index (Phi) is 2.70. The number of fused-ring (bicyclic) bond motifs is 2. The van der Waals surface area contributed by atoms with Gasteiger partial charge >= 0.3 is 0 Å². The Balaban J connectivity index is 2.37. The largest absolute Gasteiger partial charge is 0.327 e. The number of rotatable bonds is 1. The lowest BCUT2D eigenvalue weighted by molar-refractivity contribution is 0.124. The highest BCUT2D eigenvalue weighted by Crippen LogP contribution is 2.52. The third-order valence-corrected chi connectivity index (χ3v) is 5.03. The minimum absolute atomic E-state index is 0.404. The fraction of sp³-hybridized carbons (Fsp3) is 0.857. The molecular formula is C14H25N. The van der Waals surface area contributed by atoms with E-state index in [1.807, 2.05) is 0 Å². The van der Waals surface area contributed by atoms with Crippen molar-refractivity contribution in [3.63, 3.8) is 0 Å². The molecule has 1 nitrogen and oxygen atoms in total. The Morgan fingerprint density at radius 3 is 2.20 bits per heavy atom. The maximum Gasteiger partial charge on any atom is 0.0176 e. The van der Waals surface area contributed by atoms with Crippen LogP contribution in [-0.4, -0.2) is 6.04 Å². The summed E-state index contributed by atoms with van der Waals surface area (Å²) in [5, 5.41) is 0. The summed E-state index contributed by atoms with van der Waals surface area (Å²) in [4.78, 5) is 0. The van der Waals surface area contributed by atoms with Gasteiger partial charge in [-0.3, -0.25) is 0 Å². The van der Waals surface area contributed by atoms with Crippen LogP contribution in [0.15, 0.2) is 11.1 Å². The second-order valence-corrected chi connectivity index (χ2v) is 6.12. The van der Waals surface area contributed by atoms with Gasteiger partial charge in [0.25, 0.3) is 0 Å². The molecule has 0 aromatic carbocycles. The fourth-order valence-electron chi connectivity index (χ4n) is 4.15. The van der Waals surface area contributed by atoms with Crippen LogP contribution in [0.2, 0.25) is 0 Å². The van der Waals surface area contributed by atoms with Crippen LogP contribution in [0, 0.1) is 29.6 Å². The molecule has 2 bridgehead atoms. The molecule has 0 radical (unpaired) electrons. The average molecular weight is 207 g/mol. The first-order valence-corrected chi connectivity index (χ1v) is 6.38. The third kappa shape index (κ3) is 1.47. The monoisotopic (exact) mass is 207 g/mol. The molecule has 2 aliphatic carbocycles. The molecule has 86 valence electrons. The summed E-state index contributed by atoms with van der Waals surface area (Å²) in [5.74, 6) is 3.70. The highest BCUT2D eigenvalue weighted by molar-refractivity contribution is 5.30. The van der Waals surface area contributed by atoms with Gasteiger partial charge in [0.05, 0.1) is 0 Å². The highest BCUT2D eigenvalue weighted by atomic mass is 14.7. The lowest BCUT2D eigenvalue weighted by Crippen LogP contribution is -2.46. The minimum Gasteiger partial charge on any atom is -0.327 e. The molecule has 0 saturated heterocycles. The number of hydrogen-bond donors (Lipinski definition) is 1. The summed E-state index contributed by atoms with van der Waals surface area (Å²) in [6.07, 6.45) is 1.37. The number of nitrogens with two attached hydrogens (primary N) is 1. The molecule has 1 fully saturated rings. The first kappa shape index (κ1) is 11.2. The molecule has 0 aliphatic heterocycles. The van der Waals surface area contributed by atoms with E-state index in [9.17, 15) is 0 Å². The van der Waals surface area contributed by atoms with Crippen LogP contribution in [0.25, 0.3) is 0 Å². The van der Waals surface area contributed by atoms with E-state index in [0.29, 0.717) is 17.9 Å². The molecule has 0 heterocycles. The van der Waals surface area contributed by atoms with Crippen molar-refractivity contribution in [2.75, 3.05) is 0 Å². The van der Waals surface area contributed by atoms with Gasteiger partial charge in [-0.1, -0.05) is 31.9 Å². The van der Waals surface area contributed by atoms with E-state index in [2.05, 4.69) is 34.6 Å². The number of hydrogen-bond acceptors (Lipinski definition) is 1. The molecular weight excluding hydrogens is 182 g/mol. The predicted molar refractivity (Wildman–Crippen MR) is 65.4 cm³/mol. The lowest BCUT2D eigenvalue weighted by atomic mass is 9.65. The van der Waals surface area contributed by atoms with Crippen LogP contribution in [0.1, 0.15) is 41.0 Å². The van der Waals surface area contributed by atoms with Crippen LogP contribution >= 0.6 is 0 Å². The van der Waals surface area contributed by atoms with Crippen molar-refractivity contribution >= 4 is 0 Å². The molecule has 0 aromatic rings. The molecule has 15 heavy (non-hydrogen) atoms. The molecule has 0 amide bonds. The van der Waals surface area contributed by atoms with Crippen molar-refractivity contribution in [1.82, 2.24) is 0 Å². The highest BCUT2D eigenvalue weighted by Gasteiger charge is 2.48. The van der Waals surface area contributed by atoms with Crippen LogP contribution < -0.4 is 5.73 Å². The summed E-state index contributed by atoms with van der Waals surface area (Å²) in [7, 11) is 0. The van der Waals surface area contributed by atoms with Gasteiger partial charge in [-0.2, -0.15) is 0 Å². The molecule has 1 saturated carbocycles. The maximum absolute atomic E-state index is 6.44. The van der Waals surface area contributed by atoms with E-state index in [-0.39, 0.29) is 0 Å². The molecule has 5 atom stereocenters. The van der Waals surface area contributed by atoms with E-state index >= 15 is 0 Å². The summed E-state index contributed by atoms with van der Waals surface area (Å²) in [6.45, 7) is 11.7. The zero-order valence-electron chi connectivity index (χ0n) is 10.7. The second-order valence-electron chi connectivity index (χ2n) is 6.12. The van der Waals surface area contributed by atoms with Gasteiger partial charge in [0, 0.05) is 6.04 Å². The van der Waals surface area contributed by atoms with Gasteiger partial charge in [-0.25, -0.2) is 0 Å². The zero-order chi connectivity index (χ0) is 11.3. The molecule has 2 aliphatic rings. The summed E-state index contributed by atoms with van der Waals surface area (Å²) in [6, 6.07) is 0.404. The van der Waals surface area contributed by atoms with Crippen LogP contribution in [0.4, 0.5) is 0 Å². The fourth-order valence-corrected chi connectivity index (χ4v) is 4.15. The average Bonchev–Trinajstić information content (AvgIpc) is 2.28. The topological polar surface area (TPSA) is 26.0 Å². The first-order chi connectivity index (χ1) is 6.95. The van der Waals surface area contributed by atoms with Crippen molar-refractivity contribution in [3.8, 4) is 0 Å². The van der Waals surface area contributed by atoms with Crippen molar-refractivity contribution in [2.24, 2.45) is 35.3 Å². The van der Waals surface area contributed by atoms with Crippen molar-refractivity contribution in [2.45, 2.75) is 47.1 Å². The first-order valence-electron chi connectivity index (χ1n) is 6.38. The second kappa shape index (κ2) is 3.62. The van der Waals surface area contributed by atoms with Gasteiger partial charge in [-0.05, 0) is 49.9 Å². The Morgan fingerprint density at radius 1 is 1.13 bits per heavy atom. The molecule has 0 spiro atoms. The molecule has 2 N–H and O–H groups in total. The van der Waals surface area contributed by atoms with E-state index in [0.717, 1.165) is 17.8 Å².